The average molecular weight is 351 g/mol. The van der Waals surface area contributed by atoms with Gasteiger partial charge in [-0.05, 0) is 12.5 Å². The zero-order valence-corrected chi connectivity index (χ0v) is 14.8. The van der Waals surface area contributed by atoms with Gasteiger partial charge in [-0.2, -0.15) is 0 Å². The molecule has 1 aliphatic rings. The summed E-state index contributed by atoms with van der Waals surface area (Å²) in [5.41, 5.74) is 2.48. The summed E-state index contributed by atoms with van der Waals surface area (Å²) in [5, 5.41) is 10.8. The van der Waals surface area contributed by atoms with Crippen LogP contribution >= 0.6 is 0 Å². The molecular weight excluding hydrogens is 330 g/mol. The van der Waals surface area contributed by atoms with Gasteiger partial charge in [0, 0.05) is 19.2 Å². The SMILES string of the molecule is COCCN1C(=O)C(=O)C(=C(O)c2ccccc2)[C@H]1c1ccc(C)cc1. The van der Waals surface area contributed by atoms with Crippen LogP contribution in [0.1, 0.15) is 22.7 Å². The monoisotopic (exact) mass is 351 g/mol. The number of ether oxygens (including phenoxy) is 1. The van der Waals surface area contributed by atoms with Crippen molar-refractivity contribution in [3.63, 3.8) is 0 Å². The largest absolute Gasteiger partial charge is 0.507 e. The lowest BCUT2D eigenvalue weighted by Gasteiger charge is -2.25. The molecule has 0 spiro atoms. The summed E-state index contributed by atoms with van der Waals surface area (Å²) in [4.78, 5) is 26.7. The Hall–Kier alpha value is -2.92. The molecule has 0 saturated carbocycles. The number of benzene rings is 2. The molecule has 1 aliphatic heterocycles. The lowest BCUT2D eigenvalue weighted by Crippen LogP contribution is -2.32. The Labute approximate surface area is 152 Å². The van der Waals surface area contributed by atoms with Crippen molar-refractivity contribution < 1.29 is 19.4 Å². The molecule has 2 aromatic carbocycles. The van der Waals surface area contributed by atoms with Crippen molar-refractivity contribution in [2.45, 2.75) is 13.0 Å². The number of aliphatic hydroxyl groups is 1. The molecule has 1 saturated heterocycles. The number of likely N-dealkylation sites (tertiary alicyclic amines) is 1. The van der Waals surface area contributed by atoms with E-state index in [0.29, 0.717) is 12.2 Å². The molecule has 1 heterocycles. The van der Waals surface area contributed by atoms with Gasteiger partial charge < -0.3 is 14.7 Å². The summed E-state index contributed by atoms with van der Waals surface area (Å²) in [6.45, 7) is 2.54. The first-order valence-electron chi connectivity index (χ1n) is 8.44. The third-order valence-corrected chi connectivity index (χ3v) is 4.52. The number of carbonyl (C=O) groups is 2. The van der Waals surface area contributed by atoms with Crippen LogP contribution in [0.2, 0.25) is 0 Å². The summed E-state index contributed by atoms with van der Waals surface area (Å²) in [7, 11) is 1.54. The second-order valence-corrected chi connectivity index (χ2v) is 6.26. The molecule has 1 atom stereocenters. The predicted molar refractivity (Wildman–Crippen MR) is 98.5 cm³/mol. The Morgan fingerprint density at radius 3 is 2.35 bits per heavy atom. The lowest BCUT2D eigenvalue weighted by molar-refractivity contribution is -0.140. The summed E-state index contributed by atoms with van der Waals surface area (Å²) < 4.78 is 5.09. The van der Waals surface area contributed by atoms with E-state index in [0.717, 1.165) is 11.1 Å². The number of ketones is 1. The number of aryl methyl sites for hydroxylation is 1. The van der Waals surface area contributed by atoms with Crippen molar-refractivity contribution in [1.82, 2.24) is 4.90 Å². The maximum Gasteiger partial charge on any atom is 0.295 e. The molecular formula is C21H21NO4. The highest BCUT2D eigenvalue weighted by Crippen LogP contribution is 2.39. The van der Waals surface area contributed by atoms with Crippen LogP contribution in [-0.2, 0) is 14.3 Å². The summed E-state index contributed by atoms with van der Waals surface area (Å²) in [6, 6.07) is 15.8. The van der Waals surface area contributed by atoms with Crippen molar-refractivity contribution >= 4 is 17.4 Å². The Balaban J connectivity index is 2.15. The van der Waals surface area contributed by atoms with Crippen molar-refractivity contribution in [3.8, 4) is 0 Å². The molecule has 0 aromatic heterocycles. The van der Waals surface area contributed by atoms with Crippen LogP contribution < -0.4 is 0 Å². The molecule has 0 radical (unpaired) electrons. The second-order valence-electron chi connectivity index (χ2n) is 6.26. The van der Waals surface area contributed by atoms with E-state index in [1.807, 2.05) is 37.3 Å². The molecule has 5 heteroatoms. The zero-order chi connectivity index (χ0) is 18.7. The Bertz CT molecular complexity index is 840. The van der Waals surface area contributed by atoms with Gasteiger partial charge in [0.25, 0.3) is 11.7 Å². The highest BCUT2D eigenvalue weighted by atomic mass is 16.5. The van der Waals surface area contributed by atoms with Gasteiger partial charge in [0.2, 0.25) is 0 Å². The van der Waals surface area contributed by atoms with Crippen molar-refractivity contribution in [3.05, 3.63) is 76.9 Å². The quantitative estimate of drug-likeness (QED) is 0.511. The van der Waals surface area contributed by atoms with Crippen LogP contribution in [0.25, 0.3) is 5.76 Å². The Kier molecular flexibility index (Phi) is 5.19. The molecule has 134 valence electrons. The summed E-state index contributed by atoms with van der Waals surface area (Å²) in [5.74, 6) is -1.45. The molecule has 0 aliphatic carbocycles. The van der Waals surface area contributed by atoms with E-state index < -0.39 is 17.7 Å². The molecule has 1 amide bonds. The zero-order valence-electron chi connectivity index (χ0n) is 14.8. The molecule has 2 aromatic rings. The summed E-state index contributed by atoms with van der Waals surface area (Å²) >= 11 is 0. The average Bonchev–Trinajstić information content (AvgIpc) is 2.91. The number of nitrogens with zero attached hydrogens (tertiary/aromatic N) is 1. The van der Waals surface area contributed by atoms with E-state index in [2.05, 4.69) is 0 Å². The fraction of sp³-hybridized carbons (Fsp3) is 0.238. The maximum atomic E-state index is 12.7. The van der Waals surface area contributed by atoms with Gasteiger partial charge in [0.05, 0.1) is 18.2 Å². The molecule has 0 bridgehead atoms. The molecule has 26 heavy (non-hydrogen) atoms. The van der Waals surface area contributed by atoms with E-state index in [1.54, 1.807) is 31.4 Å². The molecule has 1 fully saturated rings. The van der Waals surface area contributed by atoms with Gasteiger partial charge in [-0.3, -0.25) is 9.59 Å². The minimum Gasteiger partial charge on any atom is -0.507 e. The third kappa shape index (κ3) is 3.26. The van der Waals surface area contributed by atoms with Gasteiger partial charge in [0.15, 0.2) is 0 Å². The topological polar surface area (TPSA) is 66.8 Å². The number of aliphatic hydroxyl groups excluding tert-OH is 1. The second kappa shape index (κ2) is 7.54. The van der Waals surface area contributed by atoms with Crippen molar-refractivity contribution in [1.29, 1.82) is 0 Å². The third-order valence-electron chi connectivity index (χ3n) is 4.52. The van der Waals surface area contributed by atoms with Crippen LogP contribution in [0.4, 0.5) is 0 Å². The molecule has 1 N–H and O–H groups in total. The number of hydrogen-bond acceptors (Lipinski definition) is 4. The maximum absolute atomic E-state index is 12.7. The standard InChI is InChI=1S/C21H21NO4/c1-14-8-10-15(11-9-14)18-17(19(23)16-6-4-3-5-7-16)20(24)21(25)22(18)12-13-26-2/h3-11,18,23H,12-13H2,1-2H3/t18-/m1/s1. The highest BCUT2D eigenvalue weighted by molar-refractivity contribution is 6.46. The van der Waals surface area contributed by atoms with Crippen LogP contribution in [-0.4, -0.2) is 42.0 Å². The number of amides is 1. The van der Waals surface area contributed by atoms with E-state index >= 15 is 0 Å². The first-order valence-corrected chi connectivity index (χ1v) is 8.44. The Morgan fingerprint density at radius 1 is 1.08 bits per heavy atom. The first-order chi connectivity index (χ1) is 12.5. The normalized spacial score (nSPS) is 19.2. The minimum absolute atomic E-state index is 0.112. The van der Waals surface area contributed by atoms with Gasteiger partial charge in [-0.1, -0.05) is 60.2 Å². The van der Waals surface area contributed by atoms with Crippen LogP contribution in [0.3, 0.4) is 0 Å². The highest BCUT2D eigenvalue weighted by Gasteiger charge is 2.45. The van der Waals surface area contributed by atoms with E-state index in [-0.39, 0.29) is 17.9 Å². The fourth-order valence-electron chi connectivity index (χ4n) is 3.15. The van der Waals surface area contributed by atoms with E-state index in [9.17, 15) is 14.7 Å². The summed E-state index contributed by atoms with van der Waals surface area (Å²) in [6.07, 6.45) is 0. The van der Waals surface area contributed by atoms with Gasteiger partial charge in [-0.15, -0.1) is 0 Å². The predicted octanol–water partition coefficient (Wildman–Crippen LogP) is 3.06. The van der Waals surface area contributed by atoms with Gasteiger partial charge >= 0.3 is 0 Å². The lowest BCUT2D eigenvalue weighted by atomic mass is 9.95. The van der Waals surface area contributed by atoms with Crippen LogP contribution in [0.5, 0.6) is 0 Å². The molecule has 0 unspecified atom stereocenters. The van der Waals surface area contributed by atoms with Gasteiger partial charge in [-0.25, -0.2) is 0 Å². The first kappa shape index (κ1) is 17.9. The number of carbonyl (C=O) groups excluding carboxylic acids is 2. The van der Waals surface area contributed by atoms with Gasteiger partial charge in [0.1, 0.15) is 5.76 Å². The molecule has 3 rings (SSSR count). The molecule has 5 nitrogen and oxygen atoms in total. The van der Waals surface area contributed by atoms with E-state index in [1.165, 1.54) is 4.90 Å². The van der Waals surface area contributed by atoms with Crippen molar-refractivity contribution in [2.75, 3.05) is 20.3 Å². The smallest absolute Gasteiger partial charge is 0.295 e. The number of hydrogen-bond donors (Lipinski definition) is 1. The van der Waals surface area contributed by atoms with E-state index in [4.69, 9.17) is 4.74 Å². The number of methoxy groups -OCH3 is 1. The van der Waals surface area contributed by atoms with Crippen LogP contribution in [0, 0.1) is 6.92 Å². The van der Waals surface area contributed by atoms with Crippen LogP contribution in [0.15, 0.2) is 60.2 Å². The van der Waals surface area contributed by atoms with Crippen molar-refractivity contribution in [2.24, 2.45) is 0 Å². The minimum atomic E-state index is -0.673. The fourth-order valence-corrected chi connectivity index (χ4v) is 3.15. The number of Topliss-reactive ketones (excluding diaryl/α,β-unsaturated/α-hetero) is 1. The number of rotatable bonds is 5. The Morgan fingerprint density at radius 2 is 1.73 bits per heavy atom.